The maximum Gasteiger partial charge on any atom is 0.345 e. The monoisotopic (exact) mass is 287 g/mol. The van der Waals surface area contributed by atoms with Gasteiger partial charge in [0, 0.05) is 17.5 Å². The lowest BCUT2D eigenvalue weighted by atomic mass is 10.1. The Morgan fingerprint density at radius 1 is 1.43 bits per heavy atom. The van der Waals surface area contributed by atoms with Gasteiger partial charge in [-0.25, -0.2) is 9.59 Å². The van der Waals surface area contributed by atoms with Gasteiger partial charge in [-0.15, -0.1) is 0 Å². The van der Waals surface area contributed by atoms with E-state index in [-0.39, 0.29) is 6.61 Å². The van der Waals surface area contributed by atoms with Crippen molar-refractivity contribution < 1.29 is 18.7 Å². The average Bonchev–Trinajstić information content (AvgIpc) is 2.44. The predicted molar refractivity (Wildman–Crippen MR) is 73.9 cm³/mol. The molecule has 6 nitrogen and oxygen atoms in total. The van der Waals surface area contributed by atoms with E-state index >= 15 is 0 Å². The number of nitrogens with zero attached hydrogens (tertiary/aromatic N) is 1. The Labute approximate surface area is 120 Å². The van der Waals surface area contributed by atoms with Crippen molar-refractivity contribution in [3.63, 3.8) is 0 Å². The standard InChI is InChI=1S/C15H13NO5/c1-9-5-14(17)21-13-6-11(3-4-12(9)13)19-8-15(18)20-10(2)7-16/h3-6,10H,8H2,1-2H3. The highest BCUT2D eigenvalue weighted by molar-refractivity contribution is 5.81. The Bertz CT molecular complexity index is 772. The van der Waals surface area contributed by atoms with Crippen LogP contribution in [0.1, 0.15) is 12.5 Å². The fraction of sp³-hybridized carbons (Fsp3) is 0.267. The van der Waals surface area contributed by atoms with Crippen molar-refractivity contribution >= 4 is 16.9 Å². The third-order valence-corrected chi connectivity index (χ3v) is 2.77. The third-order valence-electron chi connectivity index (χ3n) is 2.77. The van der Waals surface area contributed by atoms with E-state index < -0.39 is 17.7 Å². The second kappa shape index (κ2) is 6.09. The summed E-state index contributed by atoms with van der Waals surface area (Å²) < 4.78 is 15.1. The van der Waals surface area contributed by atoms with Gasteiger partial charge in [0.25, 0.3) is 0 Å². The van der Waals surface area contributed by atoms with Gasteiger partial charge in [-0.05, 0) is 31.5 Å². The summed E-state index contributed by atoms with van der Waals surface area (Å²) in [5.41, 5.74) is 0.741. The quantitative estimate of drug-likeness (QED) is 0.630. The summed E-state index contributed by atoms with van der Waals surface area (Å²) in [6.07, 6.45) is -0.821. The van der Waals surface area contributed by atoms with E-state index in [0.717, 1.165) is 10.9 Å². The van der Waals surface area contributed by atoms with Gasteiger partial charge in [0.1, 0.15) is 17.4 Å². The largest absolute Gasteiger partial charge is 0.482 e. The first-order chi connectivity index (χ1) is 9.99. The Morgan fingerprint density at radius 2 is 2.19 bits per heavy atom. The Balaban J connectivity index is 2.12. The van der Waals surface area contributed by atoms with Gasteiger partial charge < -0.3 is 13.9 Å². The van der Waals surface area contributed by atoms with Crippen LogP contribution >= 0.6 is 0 Å². The zero-order chi connectivity index (χ0) is 15.4. The van der Waals surface area contributed by atoms with Crippen LogP contribution in [0.15, 0.2) is 33.5 Å². The highest BCUT2D eigenvalue weighted by Gasteiger charge is 2.10. The Morgan fingerprint density at radius 3 is 2.90 bits per heavy atom. The molecule has 1 heterocycles. The molecule has 0 saturated carbocycles. The van der Waals surface area contributed by atoms with Crippen molar-refractivity contribution in [3.05, 3.63) is 40.2 Å². The number of benzene rings is 1. The summed E-state index contributed by atoms with van der Waals surface area (Å²) in [7, 11) is 0. The number of hydrogen-bond donors (Lipinski definition) is 0. The molecule has 0 aliphatic heterocycles. The summed E-state index contributed by atoms with van der Waals surface area (Å²) in [6, 6.07) is 8.13. The normalized spacial score (nSPS) is 11.7. The van der Waals surface area contributed by atoms with Gasteiger partial charge in [-0.3, -0.25) is 0 Å². The maximum atomic E-state index is 11.4. The van der Waals surface area contributed by atoms with Crippen molar-refractivity contribution in [1.82, 2.24) is 0 Å². The molecule has 0 aliphatic rings. The molecule has 0 N–H and O–H groups in total. The molecule has 0 aliphatic carbocycles. The molecular weight excluding hydrogens is 274 g/mol. The van der Waals surface area contributed by atoms with Crippen molar-refractivity contribution in [2.24, 2.45) is 0 Å². The number of fused-ring (bicyclic) bond motifs is 1. The summed E-state index contributed by atoms with van der Waals surface area (Å²) in [5, 5.41) is 9.32. The summed E-state index contributed by atoms with van der Waals surface area (Å²) in [6.45, 7) is 2.94. The highest BCUT2D eigenvalue weighted by atomic mass is 16.6. The summed E-state index contributed by atoms with van der Waals surface area (Å²) in [4.78, 5) is 22.7. The van der Waals surface area contributed by atoms with Gasteiger partial charge in [-0.2, -0.15) is 5.26 Å². The van der Waals surface area contributed by atoms with Crippen LogP contribution in [0.25, 0.3) is 11.0 Å². The number of ether oxygens (including phenoxy) is 2. The predicted octanol–water partition coefficient (Wildman–Crippen LogP) is 1.94. The van der Waals surface area contributed by atoms with Crippen LogP contribution < -0.4 is 10.4 Å². The van der Waals surface area contributed by atoms with Crippen molar-refractivity contribution in [1.29, 1.82) is 5.26 Å². The molecule has 0 spiro atoms. The van der Waals surface area contributed by atoms with Gasteiger partial charge >= 0.3 is 11.6 Å². The van der Waals surface area contributed by atoms with Crippen molar-refractivity contribution in [2.75, 3.05) is 6.61 Å². The number of aryl methyl sites for hydroxylation is 1. The van der Waals surface area contributed by atoms with E-state index in [0.29, 0.717) is 11.3 Å². The molecule has 1 unspecified atom stereocenters. The Hall–Kier alpha value is -2.81. The van der Waals surface area contributed by atoms with Crippen molar-refractivity contribution in [2.45, 2.75) is 20.0 Å². The number of hydrogen-bond acceptors (Lipinski definition) is 6. The summed E-state index contributed by atoms with van der Waals surface area (Å²) in [5.74, 6) is -0.271. The molecular formula is C15H13NO5. The molecule has 2 aromatic rings. The first-order valence-electron chi connectivity index (χ1n) is 6.26. The van der Waals surface area contributed by atoms with Gasteiger partial charge in [0.2, 0.25) is 0 Å². The molecule has 0 bridgehead atoms. The third kappa shape index (κ3) is 3.60. The van der Waals surface area contributed by atoms with Crippen LogP contribution in [-0.4, -0.2) is 18.7 Å². The zero-order valence-corrected chi connectivity index (χ0v) is 11.6. The lowest BCUT2D eigenvalue weighted by Gasteiger charge is -2.08. The number of rotatable bonds is 4. The van der Waals surface area contributed by atoms with Crippen LogP contribution in [0.2, 0.25) is 0 Å². The number of carbonyl (C=O) groups is 1. The number of carbonyl (C=O) groups excluding carboxylic acids is 1. The molecule has 0 saturated heterocycles. The first-order valence-corrected chi connectivity index (χ1v) is 6.26. The Kier molecular flexibility index (Phi) is 4.24. The zero-order valence-electron chi connectivity index (χ0n) is 11.6. The lowest BCUT2D eigenvalue weighted by molar-refractivity contribution is -0.148. The molecule has 21 heavy (non-hydrogen) atoms. The fourth-order valence-corrected chi connectivity index (χ4v) is 1.79. The second-order valence-electron chi connectivity index (χ2n) is 4.46. The molecule has 0 amide bonds. The number of nitriles is 1. The van der Waals surface area contributed by atoms with E-state index in [1.807, 2.05) is 0 Å². The molecule has 0 radical (unpaired) electrons. The highest BCUT2D eigenvalue weighted by Crippen LogP contribution is 2.22. The average molecular weight is 287 g/mol. The minimum atomic E-state index is -0.821. The summed E-state index contributed by atoms with van der Waals surface area (Å²) >= 11 is 0. The second-order valence-corrected chi connectivity index (χ2v) is 4.46. The van der Waals surface area contributed by atoms with Gasteiger partial charge in [0.05, 0.1) is 0 Å². The molecule has 1 aromatic heterocycles. The van der Waals surface area contributed by atoms with E-state index in [2.05, 4.69) is 0 Å². The van der Waals surface area contributed by atoms with Crippen LogP contribution in [0.3, 0.4) is 0 Å². The maximum absolute atomic E-state index is 11.4. The van der Waals surface area contributed by atoms with E-state index in [1.165, 1.54) is 19.1 Å². The van der Waals surface area contributed by atoms with Crippen molar-refractivity contribution in [3.8, 4) is 11.8 Å². The molecule has 108 valence electrons. The molecule has 0 fully saturated rings. The van der Waals surface area contributed by atoms with Crippen LogP contribution in [-0.2, 0) is 9.53 Å². The number of esters is 1. The smallest absolute Gasteiger partial charge is 0.345 e. The molecule has 1 atom stereocenters. The molecule has 6 heteroatoms. The van der Waals surface area contributed by atoms with E-state index in [1.54, 1.807) is 25.1 Å². The van der Waals surface area contributed by atoms with Gasteiger partial charge in [-0.1, -0.05) is 0 Å². The van der Waals surface area contributed by atoms with Gasteiger partial charge in [0.15, 0.2) is 12.7 Å². The van der Waals surface area contributed by atoms with E-state index in [4.69, 9.17) is 19.2 Å². The SMILES string of the molecule is Cc1cc(=O)oc2cc(OCC(=O)OC(C)C#N)ccc12. The fourth-order valence-electron chi connectivity index (χ4n) is 1.79. The lowest BCUT2D eigenvalue weighted by Crippen LogP contribution is -2.19. The van der Waals surface area contributed by atoms with Crippen LogP contribution in [0.4, 0.5) is 0 Å². The minimum absolute atomic E-state index is 0.326. The molecule has 2 rings (SSSR count). The topological polar surface area (TPSA) is 89.5 Å². The van der Waals surface area contributed by atoms with Crippen LogP contribution in [0.5, 0.6) is 5.75 Å². The molecule has 1 aromatic carbocycles. The first kappa shape index (κ1) is 14.6. The van der Waals surface area contributed by atoms with Crippen LogP contribution in [0, 0.1) is 18.3 Å². The van der Waals surface area contributed by atoms with E-state index in [9.17, 15) is 9.59 Å². The minimum Gasteiger partial charge on any atom is -0.482 e.